The van der Waals surface area contributed by atoms with E-state index in [4.69, 9.17) is 11.6 Å². The van der Waals surface area contributed by atoms with Crippen LogP contribution in [0.1, 0.15) is 17.3 Å². The number of para-hydroxylation sites is 1. The van der Waals surface area contributed by atoms with Crippen molar-refractivity contribution in [3.05, 3.63) is 69.5 Å². The van der Waals surface area contributed by atoms with Crippen LogP contribution < -0.4 is 15.2 Å². The zero-order valence-electron chi connectivity index (χ0n) is 16.1. The Morgan fingerprint density at radius 1 is 1.07 bits per heavy atom. The molecule has 1 fully saturated rings. The van der Waals surface area contributed by atoms with Crippen molar-refractivity contribution in [3.63, 3.8) is 0 Å². The third-order valence-electron chi connectivity index (χ3n) is 5.46. The molecule has 0 amide bonds. The molecule has 1 aliphatic rings. The van der Waals surface area contributed by atoms with Crippen LogP contribution >= 0.6 is 11.6 Å². The standard InChI is InChI=1S/C22H22ClN3O3/c1-2-24-14-17(22(28)29)21(27)16-12-18(23)20(13-19(16)24)26-10-8-25(9-11-26)15-6-4-3-5-7-15/h3-7,12-14H,2,8-11H2,1H3,(H,28,29). The maximum absolute atomic E-state index is 12.6. The molecule has 1 aliphatic heterocycles. The van der Waals surface area contributed by atoms with Gasteiger partial charge in [0.15, 0.2) is 0 Å². The minimum Gasteiger partial charge on any atom is -0.477 e. The fourth-order valence-corrected chi connectivity index (χ4v) is 4.18. The minimum atomic E-state index is -1.23. The molecule has 29 heavy (non-hydrogen) atoms. The van der Waals surface area contributed by atoms with Gasteiger partial charge in [0.05, 0.1) is 16.2 Å². The van der Waals surface area contributed by atoms with Crippen LogP contribution in [-0.2, 0) is 6.54 Å². The molecule has 2 heterocycles. The van der Waals surface area contributed by atoms with Crippen molar-refractivity contribution >= 4 is 39.8 Å². The quantitative estimate of drug-likeness (QED) is 0.709. The molecule has 7 heteroatoms. The summed E-state index contributed by atoms with van der Waals surface area (Å²) in [5.41, 5.74) is 2.04. The normalized spacial score (nSPS) is 14.4. The highest BCUT2D eigenvalue weighted by molar-refractivity contribution is 6.34. The van der Waals surface area contributed by atoms with Crippen LogP contribution in [-0.4, -0.2) is 41.8 Å². The number of pyridine rings is 1. The monoisotopic (exact) mass is 411 g/mol. The van der Waals surface area contributed by atoms with Crippen molar-refractivity contribution in [3.8, 4) is 0 Å². The molecule has 6 nitrogen and oxygen atoms in total. The molecule has 0 bridgehead atoms. The number of fused-ring (bicyclic) bond motifs is 1. The average Bonchev–Trinajstić information content (AvgIpc) is 2.74. The van der Waals surface area contributed by atoms with Gasteiger partial charge < -0.3 is 19.5 Å². The number of aromatic carboxylic acids is 1. The number of aryl methyl sites for hydroxylation is 1. The van der Waals surface area contributed by atoms with Crippen LogP contribution in [0.3, 0.4) is 0 Å². The molecule has 0 unspecified atom stereocenters. The summed E-state index contributed by atoms with van der Waals surface area (Å²) in [5, 5.41) is 10.1. The number of carboxylic acids is 1. The van der Waals surface area contributed by atoms with E-state index in [0.717, 1.165) is 31.9 Å². The SMILES string of the molecule is CCn1cc(C(=O)O)c(=O)c2cc(Cl)c(N3CCN(c4ccccc4)CC3)cc21. The van der Waals surface area contributed by atoms with E-state index in [-0.39, 0.29) is 5.56 Å². The van der Waals surface area contributed by atoms with Crippen molar-refractivity contribution in [2.45, 2.75) is 13.5 Å². The van der Waals surface area contributed by atoms with Crippen molar-refractivity contribution in [2.75, 3.05) is 36.0 Å². The van der Waals surface area contributed by atoms with Crippen molar-refractivity contribution in [1.82, 2.24) is 4.57 Å². The Labute approximate surface area is 173 Å². The second-order valence-corrected chi connectivity index (χ2v) is 7.50. The first-order valence-electron chi connectivity index (χ1n) is 9.64. The van der Waals surface area contributed by atoms with Gasteiger partial charge in [0, 0.05) is 50.0 Å². The lowest BCUT2D eigenvalue weighted by Crippen LogP contribution is -2.46. The van der Waals surface area contributed by atoms with E-state index in [0.29, 0.717) is 22.5 Å². The zero-order chi connectivity index (χ0) is 20.5. The van der Waals surface area contributed by atoms with Crippen molar-refractivity contribution in [2.24, 2.45) is 0 Å². The Kier molecular flexibility index (Phi) is 5.20. The maximum Gasteiger partial charge on any atom is 0.341 e. The van der Waals surface area contributed by atoms with Gasteiger partial charge in [-0.25, -0.2) is 4.79 Å². The first-order valence-corrected chi connectivity index (χ1v) is 10.0. The molecule has 0 radical (unpaired) electrons. The Hall–Kier alpha value is -2.99. The van der Waals surface area contributed by atoms with Crippen LogP contribution in [0, 0.1) is 0 Å². The molecule has 0 saturated carbocycles. The van der Waals surface area contributed by atoms with E-state index >= 15 is 0 Å². The Balaban J connectivity index is 1.68. The summed E-state index contributed by atoms with van der Waals surface area (Å²) in [6.45, 7) is 5.84. The highest BCUT2D eigenvalue weighted by atomic mass is 35.5. The second-order valence-electron chi connectivity index (χ2n) is 7.09. The lowest BCUT2D eigenvalue weighted by Gasteiger charge is -2.37. The van der Waals surface area contributed by atoms with Gasteiger partial charge in [-0.15, -0.1) is 0 Å². The van der Waals surface area contributed by atoms with Crippen LogP contribution in [0.5, 0.6) is 0 Å². The van der Waals surface area contributed by atoms with Crippen LogP contribution in [0.15, 0.2) is 53.5 Å². The summed E-state index contributed by atoms with van der Waals surface area (Å²) in [5.74, 6) is -1.23. The molecule has 4 rings (SSSR count). The number of anilines is 2. The van der Waals surface area contributed by atoms with E-state index in [1.807, 2.05) is 31.2 Å². The molecule has 150 valence electrons. The molecular formula is C22H22ClN3O3. The van der Waals surface area contributed by atoms with E-state index in [1.165, 1.54) is 11.9 Å². The van der Waals surface area contributed by atoms with Gasteiger partial charge in [-0.3, -0.25) is 4.79 Å². The summed E-state index contributed by atoms with van der Waals surface area (Å²) < 4.78 is 1.79. The van der Waals surface area contributed by atoms with Gasteiger partial charge in [0.1, 0.15) is 5.56 Å². The minimum absolute atomic E-state index is 0.236. The lowest BCUT2D eigenvalue weighted by molar-refractivity contribution is 0.0695. The zero-order valence-corrected chi connectivity index (χ0v) is 16.9. The first kappa shape index (κ1) is 19.3. The third kappa shape index (κ3) is 3.56. The molecular weight excluding hydrogens is 390 g/mol. The molecule has 2 aromatic carbocycles. The number of rotatable bonds is 4. The third-order valence-corrected chi connectivity index (χ3v) is 5.76. The predicted molar refractivity (Wildman–Crippen MR) is 117 cm³/mol. The number of aromatic nitrogens is 1. The Morgan fingerprint density at radius 2 is 1.72 bits per heavy atom. The largest absolute Gasteiger partial charge is 0.477 e. The lowest BCUT2D eigenvalue weighted by atomic mass is 10.1. The second kappa shape index (κ2) is 7.79. The Morgan fingerprint density at radius 3 is 2.34 bits per heavy atom. The molecule has 0 spiro atoms. The number of benzene rings is 2. The van der Waals surface area contributed by atoms with Gasteiger partial charge in [0.2, 0.25) is 5.43 Å². The smallest absolute Gasteiger partial charge is 0.341 e. The molecule has 3 aromatic rings. The van der Waals surface area contributed by atoms with Crippen LogP contribution in [0.2, 0.25) is 5.02 Å². The molecule has 0 atom stereocenters. The predicted octanol–water partition coefficient (Wildman–Crippen LogP) is 3.70. The van der Waals surface area contributed by atoms with E-state index in [1.54, 1.807) is 10.6 Å². The molecule has 1 aromatic heterocycles. The summed E-state index contributed by atoms with van der Waals surface area (Å²) in [6.07, 6.45) is 1.41. The van der Waals surface area contributed by atoms with Gasteiger partial charge >= 0.3 is 5.97 Å². The number of nitrogens with zero attached hydrogens (tertiary/aromatic N) is 3. The van der Waals surface area contributed by atoms with Crippen molar-refractivity contribution < 1.29 is 9.90 Å². The number of carboxylic acid groups (broad SMARTS) is 1. The van der Waals surface area contributed by atoms with E-state index in [9.17, 15) is 14.7 Å². The van der Waals surface area contributed by atoms with Gasteiger partial charge in [-0.2, -0.15) is 0 Å². The van der Waals surface area contributed by atoms with Crippen LogP contribution in [0.25, 0.3) is 10.9 Å². The number of carbonyl (C=O) groups is 1. The first-order chi connectivity index (χ1) is 14.0. The van der Waals surface area contributed by atoms with Gasteiger partial charge in [0.25, 0.3) is 0 Å². The fraction of sp³-hybridized carbons (Fsp3) is 0.273. The number of hydrogen-bond acceptors (Lipinski definition) is 4. The van der Waals surface area contributed by atoms with Gasteiger partial charge in [-0.05, 0) is 31.2 Å². The summed E-state index contributed by atoms with van der Waals surface area (Å²) in [6, 6.07) is 13.8. The average molecular weight is 412 g/mol. The van der Waals surface area contributed by atoms with E-state index < -0.39 is 11.4 Å². The molecule has 1 N–H and O–H groups in total. The molecule has 1 saturated heterocycles. The summed E-state index contributed by atoms with van der Waals surface area (Å²) >= 11 is 6.54. The maximum atomic E-state index is 12.6. The molecule has 0 aliphatic carbocycles. The number of piperazine rings is 1. The van der Waals surface area contributed by atoms with Gasteiger partial charge in [-0.1, -0.05) is 29.8 Å². The topological polar surface area (TPSA) is 65.8 Å². The summed E-state index contributed by atoms with van der Waals surface area (Å²) in [7, 11) is 0. The number of hydrogen-bond donors (Lipinski definition) is 1. The number of halogens is 1. The van der Waals surface area contributed by atoms with E-state index in [2.05, 4.69) is 21.9 Å². The fourth-order valence-electron chi connectivity index (χ4n) is 3.90. The van der Waals surface area contributed by atoms with Crippen molar-refractivity contribution in [1.29, 1.82) is 0 Å². The van der Waals surface area contributed by atoms with Crippen LogP contribution in [0.4, 0.5) is 11.4 Å². The Bertz CT molecular complexity index is 1120. The highest BCUT2D eigenvalue weighted by Crippen LogP contribution is 2.31. The highest BCUT2D eigenvalue weighted by Gasteiger charge is 2.22. The summed E-state index contributed by atoms with van der Waals surface area (Å²) in [4.78, 5) is 28.6.